The summed E-state index contributed by atoms with van der Waals surface area (Å²) in [6.45, 7) is 6.44. The third-order valence-corrected chi connectivity index (χ3v) is 6.08. The maximum Gasteiger partial charge on any atom is 0.268 e. The van der Waals surface area contributed by atoms with E-state index < -0.39 is 23.9 Å². The summed E-state index contributed by atoms with van der Waals surface area (Å²) in [5, 5.41) is 18.8. The highest BCUT2D eigenvalue weighted by molar-refractivity contribution is 6.35. The number of hydrogen-bond donors (Lipinski definition) is 4. The number of fused-ring (bicyclic) bond motifs is 1. The molecule has 1 saturated heterocycles. The summed E-state index contributed by atoms with van der Waals surface area (Å²) < 4.78 is 5.35. The largest absolute Gasteiger partial charge is 0.496 e. The second kappa shape index (κ2) is 10.3. The third-order valence-electron chi connectivity index (χ3n) is 5.76. The molecule has 1 aromatic heterocycles. The SMILES string of the molecule is COc1ccc(Cl)c2[nH]c(C(=O)N[C@@H](CC(C)(C)C)C(=O)N[C@H](C#N)C[C@@H]3CCNC3=O)cc12. The molecule has 1 aliphatic rings. The number of nitriles is 1. The zero-order valence-corrected chi connectivity index (χ0v) is 20.5. The number of methoxy groups -OCH3 is 1. The molecule has 0 unspecified atom stereocenters. The van der Waals surface area contributed by atoms with Crippen LogP contribution in [-0.2, 0) is 9.59 Å². The first kappa shape index (κ1) is 25.4. The second-order valence-electron chi connectivity index (χ2n) is 9.71. The fourth-order valence-corrected chi connectivity index (χ4v) is 4.30. The van der Waals surface area contributed by atoms with Crippen molar-refractivity contribution >= 4 is 40.2 Å². The fourth-order valence-electron chi connectivity index (χ4n) is 4.09. The summed E-state index contributed by atoms with van der Waals surface area (Å²) in [5.41, 5.74) is 0.505. The molecule has 0 radical (unpaired) electrons. The Balaban J connectivity index is 1.78. The van der Waals surface area contributed by atoms with Crippen LogP contribution in [-0.4, -0.2) is 48.4 Å². The lowest BCUT2D eigenvalue weighted by Gasteiger charge is -2.27. The Morgan fingerprint density at radius 1 is 1.32 bits per heavy atom. The minimum atomic E-state index is -0.885. The zero-order chi connectivity index (χ0) is 25.0. The van der Waals surface area contributed by atoms with Crippen molar-refractivity contribution in [2.75, 3.05) is 13.7 Å². The van der Waals surface area contributed by atoms with Gasteiger partial charge in [-0.2, -0.15) is 5.26 Å². The van der Waals surface area contributed by atoms with E-state index in [4.69, 9.17) is 16.3 Å². The van der Waals surface area contributed by atoms with E-state index in [-0.39, 0.29) is 29.4 Å². The van der Waals surface area contributed by atoms with Gasteiger partial charge >= 0.3 is 0 Å². The minimum Gasteiger partial charge on any atom is -0.496 e. The molecule has 0 spiro atoms. The number of nitrogens with zero attached hydrogens (tertiary/aromatic N) is 1. The van der Waals surface area contributed by atoms with Crippen molar-refractivity contribution in [3.8, 4) is 11.8 Å². The minimum absolute atomic E-state index is 0.109. The summed E-state index contributed by atoms with van der Waals surface area (Å²) in [5.74, 6) is -0.817. The molecule has 182 valence electrons. The Labute approximate surface area is 203 Å². The molecule has 0 bridgehead atoms. The molecule has 10 heteroatoms. The van der Waals surface area contributed by atoms with E-state index in [1.165, 1.54) is 7.11 Å². The number of nitrogens with one attached hydrogen (secondary N) is 4. The Morgan fingerprint density at radius 3 is 2.65 bits per heavy atom. The van der Waals surface area contributed by atoms with E-state index in [9.17, 15) is 19.6 Å². The first-order valence-electron chi connectivity index (χ1n) is 11.2. The molecule has 2 aromatic rings. The van der Waals surface area contributed by atoms with Gasteiger partial charge in [-0.25, -0.2) is 0 Å². The van der Waals surface area contributed by atoms with Crippen molar-refractivity contribution in [2.45, 2.75) is 52.1 Å². The van der Waals surface area contributed by atoms with Crippen molar-refractivity contribution in [3.05, 3.63) is 28.9 Å². The van der Waals surface area contributed by atoms with Crippen LogP contribution in [0.2, 0.25) is 5.02 Å². The summed E-state index contributed by atoms with van der Waals surface area (Å²) in [6.07, 6.45) is 1.20. The van der Waals surface area contributed by atoms with Crippen LogP contribution in [0.5, 0.6) is 5.75 Å². The van der Waals surface area contributed by atoms with Crippen LogP contribution in [0, 0.1) is 22.7 Å². The van der Waals surface area contributed by atoms with E-state index in [1.54, 1.807) is 18.2 Å². The topological polar surface area (TPSA) is 136 Å². The number of hydrogen-bond acceptors (Lipinski definition) is 5. The molecular formula is C24H30ClN5O4. The summed E-state index contributed by atoms with van der Waals surface area (Å²) >= 11 is 6.26. The molecule has 3 rings (SSSR count). The molecule has 4 N–H and O–H groups in total. The number of carbonyl (C=O) groups is 3. The molecule has 1 aromatic carbocycles. The average Bonchev–Trinajstić information content (AvgIpc) is 3.39. The molecule has 3 amide bonds. The first-order chi connectivity index (χ1) is 16.0. The van der Waals surface area contributed by atoms with Crippen LogP contribution in [0.4, 0.5) is 0 Å². The van der Waals surface area contributed by atoms with Gasteiger partial charge in [0.15, 0.2) is 0 Å². The Hall–Kier alpha value is -3.25. The van der Waals surface area contributed by atoms with Crippen LogP contribution >= 0.6 is 11.6 Å². The smallest absolute Gasteiger partial charge is 0.268 e. The first-order valence-corrected chi connectivity index (χ1v) is 11.5. The molecule has 1 aliphatic heterocycles. The molecule has 2 heterocycles. The van der Waals surface area contributed by atoms with Crippen LogP contribution in [0.3, 0.4) is 0 Å². The lowest BCUT2D eigenvalue weighted by Crippen LogP contribution is -2.51. The highest BCUT2D eigenvalue weighted by Gasteiger charge is 2.32. The van der Waals surface area contributed by atoms with Crippen molar-refractivity contribution < 1.29 is 19.1 Å². The number of aromatic nitrogens is 1. The number of rotatable bonds is 8. The normalized spacial score (nSPS) is 17.5. The molecule has 1 fully saturated rings. The quantitative estimate of drug-likeness (QED) is 0.454. The number of ether oxygens (including phenoxy) is 1. The second-order valence-corrected chi connectivity index (χ2v) is 10.1. The number of benzene rings is 1. The van der Waals surface area contributed by atoms with Gasteiger partial charge in [-0.15, -0.1) is 0 Å². The molecule has 3 atom stereocenters. The van der Waals surface area contributed by atoms with Gasteiger partial charge in [-0.1, -0.05) is 32.4 Å². The van der Waals surface area contributed by atoms with E-state index in [0.717, 1.165) is 0 Å². The Morgan fingerprint density at radius 2 is 2.06 bits per heavy atom. The van der Waals surface area contributed by atoms with Gasteiger partial charge in [0, 0.05) is 17.8 Å². The Bertz CT molecular complexity index is 1130. The highest BCUT2D eigenvalue weighted by atomic mass is 35.5. The Kier molecular flexibility index (Phi) is 7.72. The molecule has 9 nitrogen and oxygen atoms in total. The number of aromatic amines is 1. The van der Waals surface area contributed by atoms with Crippen LogP contribution in [0.25, 0.3) is 10.9 Å². The molecule has 0 saturated carbocycles. The van der Waals surface area contributed by atoms with Gasteiger partial charge in [-0.3, -0.25) is 14.4 Å². The summed E-state index contributed by atoms with van der Waals surface area (Å²) in [7, 11) is 1.53. The monoisotopic (exact) mass is 487 g/mol. The number of halogens is 1. The van der Waals surface area contributed by atoms with Crippen LogP contribution in [0.1, 0.15) is 50.5 Å². The molecule has 0 aliphatic carbocycles. The fraction of sp³-hybridized carbons (Fsp3) is 0.500. The van der Waals surface area contributed by atoms with Gasteiger partial charge < -0.3 is 25.7 Å². The van der Waals surface area contributed by atoms with E-state index >= 15 is 0 Å². The highest BCUT2D eigenvalue weighted by Crippen LogP contribution is 2.32. The standard InChI is InChI=1S/C24H30ClN5O4/c1-24(2,3)11-18(23(33)28-14(12-26)9-13-7-8-27-21(13)31)30-22(32)17-10-15-19(34-4)6-5-16(25)20(15)29-17/h5-6,10,13-14,18,29H,7-9,11H2,1-4H3,(H,27,31)(H,28,33)(H,30,32)/t13-,14-,18-/m0/s1. The molecular weight excluding hydrogens is 458 g/mol. The van der Waals surface area contributed by atoms with E-state index in [2.05, 4.69) is 27.0 Å². The van der Waals surface area contributed by atoms with E-state index in [0.29, 0.717) is 41.1 Å². The van der Waals surface area contributed by atoms with Crippen molar-refractivity contribution in [1.82, 2.24) is 20.9 Å². The predicted molar refractivity (Wildman–Crippen MR) is 128 cm³/mol. The number of carbonyl (C=O) groups excluding carboxylic acids is 3. The van der Waals surface area contributed by atoms with Crippen LogP contribution < -0.4 is 20.7 Å². The van der Waals surface area contributed by atoms with Crippen molar-refractivity contribution in [2.24, 2.45) is 11.3 Å². The van der Waals surface area contributed by atoms with Gasteiger partial charge in [0.1, 0.15) is 23.5 Å². The van der Waals surface area contributed by atoms with Gasteiger partial charge in [0.2, 0.25) is 11.8 Å². The van der Waals surface area contributed by atoms with Gasteiger partial charge in [0.25, 0.3) is 5.91 Å². The maximum atomic E-state index is 13.1. The predicted octanol–water partition coefficient (Wildman–Crippen LogP) is 2.90. The lowest BCUT2D eigenvalue weighted by atomic mass is 9.87. The number of amides is 3. The third kappa shape index (κ3) is 6.00. The number of H-pyrrole nitrogens is 1. The van der Waals surface area contributed by atoms with Crippen molar-refractivity contribution in [3.63, 3.8) is 0 Å². The van der Waals surface area contributed by atoms with Crippen LogP contribution in [0.15, 0.2) is 18.2 Å². The zero-order valence-electron chi connectivity index (χ0n) is 19.8. The summed E-state index contributed by atoms with van der Waals surface area (Å²) in [4.78, 5) is 41.1. The summed E-state index contributed by atoms with van der Waals surface area (Å²) in [6, 6.07) is 5.34. The van der Waals surface area contributed by atoms with Crippen molar-refractivity contribution in [1.29, 1.82) is 5.26 Å². The van der Waals surface area contributed by atoms with Gasteiger partial charge in [-0.05, 0) is 42.9 Å². The lowest BCUT2D eigenvalue weighted by molar-refractivity contribution is -0.125. The maximum absolute atomic E-state index is 13.1. The molecule has 34 heavy (non-hydrogen) atoms. The average molecular weight is 488 g/mol. The van der Waals surface area contributed by atoms with E-state index in [1.807, 2.05) is 20.8 Å². The van der Waals surface area contributed by atoms with Gasteiger partial charge in [0.05, 0.1) is 23.7 Å².